The number of fused-ring (bicyclic) bond motifs is 1. The van der Waals surface area contributed by atoms with Crippen molar-refractivity contribution in [3.05, 3.63) is 63.2 Å². The van der Waals surface area contributed by atoms with Crippen LogP contribution in [0.4, 0.5) is 11.4 Å². The van der Waals surface area contributed by atoms with E-state index in [0.717, 1.165) is 28.0 Å². The number of halogens is 1. The fourth-order valence-corrected chi connectivity index (χ4v) is 3.50. The van der Waals surface area contributed by atoms with Gasteiger partial charge in [-0.1, -0.05) is 35.9 Å². The monoisotopic (exact) mass is 328 g/mol. The van der Waals surface area contributed by atoms with Gasteiger partial charge in [-0.3, -0.25) is 10.1 Å². The van der Waals surface area contributed by atoms with Gasteiger partial charge in [-0.05, 0) is 38.0 Å². The molecule has 0 aromatic heterocycles. The molecule has 0 amide bonds. The van der Waals surface area contributed by atoms with Gasteiger partial charge in [-0.15, -0.1) is 0 Å². The molecule has 0 aliphatic carbocycles. The SMILES string of the molecule is CC1=CC(C)(C)Nc2ccc(-c3cccc([N+](=O)[O-])c3)c(Cl)c21. The molecule has 0 bridgehead atoms. The lowest BCUT2D eigenvalue weighted by Crippen LogP contribution is -2.31. The highest BCUT2D eigenvalue weighted by atomic mass is 35.5. The fourth-order valence-electron chi connectivity index (χ4n) is 3.07. The van der Waals surface area contributed by atoms with E-state index in [1.165, 1.54) is 6.07 Å². The number of nitrogens with one attached hydrogen (secondary N) is 1. The smallest absolute Gasteiger partial charge is 0.270 e. The van der Waals surface area contributed by atoms with Crippen LogP contribution in [0.2, 0.25) is 5.02 Å². The van der Waals surface area contributed by atoms with Gasteiger partial charge in [0.1, 0.15) is 0 Å². The van der Waals surface area contributed by atoms with Crippen molar-refractivity contribution in [2.45, 2.75) is 26.3 Å². The van der Waals surface area contributed by atoms with Crippen molar-refractivity contribution in [1.82, 2.24) is 0 Å². The fraction of sp³-hybridized carbons (Fsp3) is 0.222. The van der Waals surface area contributed by atoms with Gasteiger partial charge < -0.3 is 5.32 Å². The van der Waals surface area contributed by atoms with Crippen LogP contribution in [0.3, 0.4) is 0 Å². The normalized spacial score (nSPS) is 15.4. The zero-order valence-electron chi connectivity index (χ0n) is 13.2. The molecule has 0 unspecified atom stereocenters. The van der Waals surface area contributed by atoms with Crippen molar-refractivity contribution in [2.75, 3.05) is 5.32 Å². The van der Waals surface area contributed by atoms with Gasteiger partial charge in [-0.2, -0.15) is 0 Å². The number of nitro benzene ring substituents is 1. The molecule has 5 heteroatoms. The molecule has 0 atom stereocenters. The second-order valence-electron chi connectivity index (χ2n) is 6.33. The number of hydrogen-bond donors (Lipinski definition) is 1. The Morgan fingerprint density at radius 2 is 1.96 bits per heavy atom. The van der Waals surface area contributed by atoms with Crippen molar-refractivity contribution >= 4 is 28.5 Å². The van der Waals surface area contributed by atoms with Gasteiger partial charge >= 0.3 is 0 Å². The topological polar surface area (TPSA) is 55.2 Å². The Morgan fingerprint density at radius 1 is 1.22 bits per heavy atom. The second kappa shape index (κ2) is 5.39. The third-order valence-electron chi connectivity index (χ3n) is 3.94. The van der Waals surface area contributed by atoms with Crippen LogP contribution < -0.4 is 5.32 Å². The lowest BCUT2D eigenvalue weighted by Gasteiger charge is -2.32. The van der Waals surface area contributed by atoms with Crippen LogP contribution in [0.15, 0.2) is 42.5 Å². The molecule has 23 heavy (non-hydrogen) atoms. The molecule has 3 rings (SSSR count). The van der Waals surface area contributed by atoms with Crippen LogP contribution in [0, 0.1) is 10.1 Å². The largest absolute Gasteiger partial charge is 0.376 e. The molecule has 4 nitrogen and oxygen atoms in total. The van der Waals surface area contributed by atoms with Gasteiger partial charge in [0.15, 0.2) is 0 Å². The van der Waals surface area contributed by atoms with E-state index < -0.39 is 4.92 Å². The van der Waals surface area contributed by atoms with Gasteiger partial charge in [0.05, 0.1) is 15.5 Å². The summed E-state index contributed by atoms with van der Waals surface area (Å²) in [7, 11) is 0. The number of nitrogens with zero attached hydrogens (tertiary/aromatic N) is 1. The van der Waals surface area contributed by atoms with Crippen molar-refractivity contribution in [1.29, 1.82) is 0 Å². The Morgan fingerprint density at radius 3 is 2.65 bits per heavy atom. The summed E-state index contributed by atoms with van der Waals surface area (Å²) < 4.78 is 0. The van der Waals surface area contributed by atoms with Crippen LogP contribution in [0.25, 0.3) is 16.7 Å². The standard InChI is InChI=1S/C18H17ClN2O2/c1-11-10-18(2,3)20-15-8-7-14(17(19)16(11)15)12-5-4-6-13(9-12)21(22)23/h4-10,20H,1-3H3. The molecule has 1 N–H and O–H groups in total. The van der Waals surface area contributed by atoms with Crippen LogP contribution in [-0.2, 0) is 0 Å². The number of non-ortho nitro benzene ring substituents is 1. The van der Waals surface area contributed by atoms with Gasteiger partial charge in [-0.25, -0.2) is 0 Å². The Kier molecular flexibility index (Phi) is 3.65. The first-order chi connectivity index (χ1) is 10.8. The van der Waals surface area contributed by atoms with Crippen molar-refractivity contribution in [3.63, 3.8) is 0 Å². The minimum Gasteiger partial charge on any atom is -0.376 e. The van der Waals surface area contributed by atoms with Crippen LogP contribution in [0.1, 0.15) is 26.3 Å². The van der Waals surface area contributed by atoms with Crippen molar-refractivity contribution in [2.24, 2.45) is 0 Å². The summed E-state index contributed by atoms with van der Waals surface area (Å²) in [5.74, 6) is 0. The van der Waals surface area contributed by atoms with Crippen LogP contribution in [0.5, 0.6) is 0 Å². The van der Waals surface area contributed by atoms with E-state index in [1.807, 2.05) is 25.1 Å². The highest BCUT2D eigenvalue weighted by Gasteiger charge is 2.25. The molecule has 0 spiro atoms. The minimum atomic E-state index is -0.398. The van der Waals surface area contributed by atoms with Gasteiger partial charge in [0.25, 0.3) is 5.69 Å². The Bertz CT molecular complexity index is 841. The molecule has 2 aromatic rings. The molecule has 1 aliphatic rings. The average molecular weight is 329 g/mol. The molecule has 1 aliphatic heterocycles. The maximum absolute atomic E-state index is 11.0. The van der Waals surface area contributed by atoms with E-state index in [2.05, 4.69) is 25.2 Å². The third-order valence-corrected chi connectivity index (χ3v) is 4.33. The highest BCUT2D eigenvalue weighted by Crippen LogP contribution is 2.43. The second-order valence-corrected chi connectivity index (χ2v) is 6.71. The molecular formula is C18H17ClN2O2. The first-order valence-corrected chi connectivity index (χ1v) is 7.72. The van der Waals surface area contributed by atoms with E-state index in [-0.39, 0.29) is 11.2 Å². The summed E-state index contributed by atoms with van der Waals surface area (Å²) in [6.45, 7) is 6.23. The van der Waals surface area contributed by atoms with Gasteiger partial charge in [0.2, 0.25) is 0 Å². The lowest BCUT2D eigenvalue weighted by molar-refractivity contribution is -0.384. The molecule has 2 aromatic carbocycles. The quantitative estimate of drug-likeness (QED) is 0.583. The predicted octanol–water partition coefficient (Wildman–Crippen LogP) is 5.52. The lowest BCUT2D eigenvalue weighted by atomic mass is 9.89. The van der Waals surface area contributed by atoms with E-state index in [9.17, 15) is 10.1 Å². The Balaban J connectivity index is 2.16. The van der Waals surface area contributed by atoms with Crippen LogP contribution >= 0.6 is 11.6 Å². The number of nitro groups is 1. The number of hydrogen-bond acceptors (Lipinski definition) is 3. The van der Waals surface area contributed by atoms with E-state index in [0.29, 0.717) is 5.02 Å². The van der Waals surface area contributed by atoms with Crippen molar-refractivity contribution in [3.8, 4) is 11.1 Å². The zero-order chi connectivity index (χ0) is 16.8. The third kappa shape index (κ3) is 2.82. The number of anilines is 1. The number of rotatable bonds is 2. The van der Waals surface area contributed by atoms with Crippen LogP contribution in [-0.4, -0.2) is 10.5 Å². The predicted molar refractivity (Wildman–Crippen MR) is 94.9 cm³/mol. The number of allylic oxidation sites excluding steroid dienone is 1. The summed E-state index contributed by atoms with van der Waals surface area (Å²) in [4.78, 5) is 10.6. The summed E-state index contributed by atoms with van der Waals surface area (Å²) in [6, 6.07) is 10.4. The number of benzene rings is 2. The molecule has 0 saturated carbocycles. The maximum Gasteiger partial charge on any atom is 0.270 e. The summed E-state index contributed by atoms with van der Waals surface area (Å²) >= 11 is 6.63. The Hall–Kier alpha value is -2.33. The summed E-state index contributed by atoms with van der Waals surface area (Å²) in [5, 5.41) is 15.0. The first-order valence-electron chi connectivity index (χ1n) is 7.34. The van der Waals surface area contributed by atoms with E-state index in [4.69, 9.17) is 11.6 Å². The minimum absolute atomic E-state index is 0.0582. The summed E-state index contributed by atoms with van der Waals surface area (Å²) in [6.07, 6.45) is 2.14. The molecule has 118 valence electrons. The average Bonchev–Trinajstić information content (AvgIpc) is 2.45. The molecule has 0 radical (unpaired) electrons. The maximum atomic E-state index is 11.0. The molecule has 0 saturated heterocycles. The van der Waals surface area contributed by atoms with Gasteiger partial charge in [0, 0.05) is 28.9 Å². The molecular weight excluding hydrogens is 312 g/mol. The zero-order valence-corrected chi connectivity index (χ0v) is 13.9. The molecule has 1 heterocycles. The van der Waals surface area contributed by atoms with E-state index in [1.54, 1.807) is 12.1 Å². The summed E-state index contributed by atoms with van der Waals surface area (Å²) in [5.41, 5.74) is 4.49. The Labute approximate surface area is 139 Å². The van der Waals surface area contributed by atoms with E-state index >= 15 is 0 Å². The van der Waals surface area contributed by atoms with Crippen molar-refractivity contribution < 1.29 is 4.92 Å². The molecule has 0 fully saturated rings. The first kappa shape index (κ1) is 15.6. The highest BCUT2D eigenvalue weighted by molar-refractivity contribution is 6.35.